The summed E-state index contributed by atoms with van der Waals surface area (Å²) in [4.78, 5) is -2.19. The van der Waals surface area contributed by atoms with E-state index in [1.165, 1.54) is 0 Å². The molecule has 0 aliphatic rings. The molecule has 0 aromatic carbocycles. The maximum atomic E-state index is 12.6. The number of halogens is 10. The lowest BCUT2D eigenvalue weighted by Gasteiger charge is -2.37. The third kappa shape index (κ3) is 2.98. The second kappa shape index (κ2) is 4.74. The van der Waals surface area contributed by atoms with Crippen LogP contribution in [0.5, 0.6) is 0 Å². The molecule has 0 aromatic rings. The van der Waals surface area contributed by atoms with E-state index in [1.807, 2.05) is 0 Å². The molecule has 0 saturated carbocycles. The van der Waals surface area contributed by atoms with E-state index in [0.717, 1.165) is 6.92 Å². The Morgan fingerprint density at radius 1 is 0.667 bits per heavy atom. The van der Waals surface area contributed by atoms with Gasteiger partial charge >= 0.3 is 24.4 Å². The van der Waals surface area contributed by atoms with Crippen LogP contribution in [0.3, 0.4) is 0 Å². The average molecular weight is 295 g/mol. The van der Waals surface area contributed by atoms with Gasteiger partial charge in [-0.25, -0.2) is 0 Å². The number of alkyl halides is 10. The van der Waals surface area contributed by atoms with Gasteiger partial charge in [0.05, 0.1) is 0 Å². The van der Waals surface area contributed by atoms with E-state index < -0.39 is 42.3 Å². The van der Waals surface area contributed by atoms with Crippen LogP contribution in [0.1, 0.15) is 13.3 Å². The Bertz CT molecular complexity index is 251. The standard InChI is InChI=1S/C7H7F10N/c1-2-3-18(6(14,15)4(8,9)10)7(16,17)5(11,12)13/h2-3H2,1H3. The molecule has 0 rings (SSSR count). The Kier molecular flexibility index (Phi) is 4.55. The Morgan fingerprint density at radius 2 is 0.944 bits per heavy atom. The molecule has 0 spiro atoms. The zero-order chi connectivity index (χ0) is 15.0. The predicted molar refractivity (Wildman–Crippen MR) is 39.0 cm³/mol. The van der Waals surface area contributed by atoms with E-state index >= 15 is 0 Å². The fourth-order valence-corrected chi connectivity index (χ4v) is 0.987. The summed E-state index contributed by atoms with van der Waals surface area (Å²) in [5, 5.41) is 0. The topological polar surface area (TPSA) is 3.24 Å². The van der Waals surface area contributed by atoms with Gasteiger partial charge in [-0.2, -0.15) is 48.8 Å². The fraction of sp³-hybridized carbons (Fsp3) is 1.00. The minimum Gasteiger partial charge on any atom is -0.178 e. The third-order valence-electron chi connectivity index (χ3n) is 1.81. The fourth-order valence-electron chi connectivity index (χ4n) is 0.987. The molecular formula is C7H7F10N. The molecule has 110 valence electrons. The molecule has 1 nitrogen and oxygen atoms in total. The maximum Gasteiger partial charge on any atom is 0.469 e. The monoisotopic (exact) mass is 295 g/mol. The minimum atomic E-state index is -6.54. The molecule has 0 heterocycles. The predicted octanol–water partition coefficient (Wildman–Crippen LogP) is 4.01. The summed E-state index contributed by atoms with van der Waals surface area (Å²) < 4.78 is 122. The lowest BCUT2D eigenvalue weighted by atomic mass is 10.3. The van der Waals surface area contributed by atoms with Crippen molar-refractivity contribution in [3.05, 3.63) is 0 Å². The summed E-state index contributed by atoms with van der Waals surface area (Å²) in [6.45, 7) is -0.898. The van der Waals surface area contributed by atoms with Crippen molar-refractivity contribution in [3.63, 3.8) is 0 Å². The van der Waals surface area contributed by atoms with E-state index in [4.69, 9.17) is 0 Å². The highest BCUT2D eigenvalue weighted by Crippen LogP contribution is 2.48. The van der Waals surface area contributed by atoms with Gasteiger partial charge in [0, 0.05) is 6.54 Å². The SMILES string of the molecule is CCCN(C(F)(F)C(F)(F)F)C(F)(F)C(F)(F)F. The summed E-state index contributed by atoms with van der Waals surface area (Å²) in [5.74, 6) is 0. The van der Waals surface area contributed by atoms with Gasteiger partial charge in [-0.05, 0) is 6.42 Å². The number of hydrogen-bond acceptors (Lipinski definition) is 1. The van der Waals surface area contributed by atoms with Crippen LogP contribution in [0.2, 0.25) is 0 Å². The van der Waals surface area contributed by atoms with Gasteiger partial charge in [-0.15, -0.1) is 0 Å². The van der Waals surface area contributed by atoms with Crippen LogP contribution in [-0.2, 0) is 0 Å². The van der Waals surface area contributed by atoms with Gasteiger partial charge in [-0.3, -0.25) is 0 Å². The summed E-state index contributed by atoms with van der Waals surface area (Å²) in [7, 11) is 0. The molecule has 0 radical (unpaired) electrons. The molecule has 0 bridgehead atoms. The van der Waals surface area contributed by atoms with Crippen molar-refractivity contribution in [2.45, 2.75) is 37.8 Å². The molecule has 0 fully saturated rings. The van der Waals surface area contributed by atoms with Gasteiger partial charge in [0.1, 0.15) is 0 Å². The van der Waals surface area contributed by atoms with Crippen LogP contribution in [0, 0.1) is 0 Å². The quantitative estimate of drug-likeness (QED) is 0.559. The average Bonchev–Trinajstić information content (AvgIpc) is 2.09. The first-order valence-electron chi connectivity index (χ1n) is 4.36. The minimum absolute atomic E-state index is 0.753. The molecular weight excluding hydrogens is 288 g/mol. The highest BCUT2D eigenvalue weighted by molar-refractivity contribution is 4.87. The van der Waals surface area contributed by atoms with E-state index in [0.29, 0.717) is 0 Å². The van der Waals surface area contributed by atoms with Crippen LogP contribution >= 0.6 is 0 Å². The number of nitrogens with zero attached hydrogens (tertiary/aromatic N) is 1. The van der Waals surface area contributed by atoms with Crippen molar-refractivity contribution in [2.24, 2.45) is 0 Å². The highest BCUT2D eigenvalue weighted by atomic mass is 19.4. The molecule has 18 heavy (non-hydrogen) atoms. The lowest BCUT2D eigenvalue weighted by Crippen LogP contribution is -2.64. The molecule has 0 aromatic heterocycles. The molecule has 0 aliphatic heterocycles. The van der Waals surface area contributed by atoms with Crippen molar-refractivity contribution in [1.29, 1.82) is 0 Å². The molecule has 0 N–H and O–H groups in total. The van der Waals surface area contributed by atoms with E-state index in [-0.39, 0.29) is 0 Å². The third-order valence-corrected chi connectivity index (χ3v) is 1.81. The summed E-state index contributed by atoms with van der Waals surface area (Å²) >= 11 is 0. The molecule has 0 saturated heterocycles. The molecule has 0 unspecified atom stereocenters. The van der Waals surface area contributed by atoms with E-state index in [9.17, 15) is 43.9 Å². The second-order valence-corrected chi connectivity index (χ2v) is 3.23. The van der Waals surface area contributed by atoms with Crippen molar-refractivity contribution >= 4 is 0 Å². The number of hydrogen-bond donors (Lipinski definition) is 0. The zero-order valence-electron chi connectivity index (χ0n) is 8.64. The van der Waals surface area contributed by atoms with Crippen LogP contribution in [-0.4, -0.2) is 35.9 Å². The first-order chi connectivity index (χ1) is 7.69. The largest absolute Gasteiger partial charge is 0.469 e. The van der Waals surface area contributed by atoms with Crippen molar-refractivity contribution < 1.29 is 43.9 Å². The van der Waals surface area contributed by atoms with Crippen molar-refractivity contribution in [3.8, 4) is 0 Å². The van der Waals surface area contributed by atoms with E-state index in [1.54, 1.807) is 0 Å². The van der Waals surface area contributed by atoms with Gasteiger partial charge in [0.15, 0.2) is 0 Å². The van der Waals surface area contributed by atoms with Crippen LogP contribution in [0.25, 0.3) is 0 Å². The molecule has 0 aliphatic carbocycles. The molecule has 11 heteroatoms. The Labute approximate surface area is 94.3 Å². The Hall–Kier alpha value is -0.740. The summed E-state index contributed by atoms with van der Waals surface area (Å²) in [6.07, 6.45) is -13.8. The number of rotatable bonds is 4. The smallest absolute Gasteiger partial charge is 0.178 e. The van der Waals surface area contributed by atoms with Crippen molar-refractivity contribution in [2.75, 3.05) is 6.54 Å². The first kappa shape index (κ1) is 17.3. The van der Waals surface area contributed by atoms with Gasteiger partial charge in [0.25, 0.3) is 0 Å². The van der Waals surface area contributed by atoms with Crippen molar-refractivity contribution in [1.82, 2.24) is 4.90 Å². The summed E-state index contributed by atoms with van der Waals surface area (Å²) in [5.41, 5.74) is 0. The summed E-state index contributed by atoms with van der Waals surface area (Å²) in [6, 6.07) is -12.6. The zero-order valence-corrected chi connectivity index (χ0v) is 8.64. The van der Waals surface area contributed by atoms with Gasteiger partial charge in [-0.1, -0.05) is 6.92 Å². The Balaban J connectivity index is 5.60. The molecule has 0 amide bonds. The second-order valence-electron chi connectivity index (χ2n) is 3.23. The maximum absolute atomic E-state index is 12.6. The van der Waals surface area contributed by atoms with Gasteiger partial charge < -0.3 is 0 Å². The van der Waals surface area contributed by atoms with Gasteiger partial charge in [0.2, 0.25) is 0 Å². The van der Waals surface area contributed by atoms with Crippen LogP contribution < -0.4 is 0 Å². The van der Waals surface area contributed by atoms with E-state index in [2.05, 4.69) is 0 Å². The van der Waals surface area contributed by atoms with Crippen LogP contribution in [0.15, 0.2) is 0 Å². The highest BCUT2D eigenvalue weighted by Gasteiger charge is 2.74. The normalized spacial score (nSPS) is 15.3. The lowest BCUT2D eigenvalue weighted by molar-refractivity contribution is -0.432. The van der Waals surface area contributed by atoms with Crippen LogP contribution in [0.4, 0.5) is 43.9 Å². The molecule has 0 atom stereocenters. The first-order valence-corrected chi connectivity index (χ1v) is 4.36. The Morgan fingerprint density at radius 3 is 1.11 bits per heavy atom.